The van der Waals surface area contributed by atoms with Crippen molar-refractivity contribution in [3.05, 3.63) is 45.4 Å². The Hall–Kier alpha value is -2.08. The van der Waals surface area contributed by atoms with Crippen molar-refractivity contribution >= 4 is 23.2 Å². The lowest BCUT2D eigenvalue weighted by Gasteiger charge is -2.35. The molecule has 0 saturated carbocycles. The van der Waals surface area contributed by atoms with Gasteiger partial charge in [-0.05, 0) is 38.1 Å². The summed E-state index contributed by atoms with van der Waals surface area (Å²) in [5.41, 5.74) is 2.37. The van der Waals surface area contributed by atoms with Crippen molar-refractivity contribution in [3.8, 4) is 0 Å². The fourth-order valence-electron chi connectivity index (χ4n) is 2.90. The van der Waals surface area contributed by atoms with Gasteiger partial charge in [0.1, 0.15) is 4.88 Å². The third-order valence-electron chi connectivity index (χ3n) is 4.16. The van der Waals surface area contributed by atoms with Crippen LogP contribution >= 0.6 is 11.3 Å². The smallest absolute Gasteiger partial charge is 0.348 e. The predicted octanol–water partition coefficient (Wildman–Crippen LogP) is 2.86. The molecule has 116 valence electrons. The molecule has 0 radical (unpaired) electrons. The number of fused-ring (bicyclic) bond motifs is 1. The third-order valence-corrected chi connectivity index (χ3v) is 5.21. The molecular weight excluding hydrogens is 300 g/mol. The van der Waals surface area contributed by atoms with Gasteiger partial charge in [0.05, 0.1) is 18.0 Å². The maximum absolute atomic E-state index is 12.7. The molecule has 3 rings (SSSR count). The molecule has 0 spiro atoms. The number of aryl methyl sites for hydroxylation is 1. The summed E-state index contributed by atoms with van der Waals surface area (Å²) in [4.78, 5) is 27.1. The van der Waals surface area contributed by atoms with Crippen molar-refractivity contribution in [1.29, 1.82) is 0 Å². The SMILES string of the molecule is COC(=O)c1ccc(C(=O)N2CCn3c(C)ccc3[C@@H]2C)s1. The lowest BCUT2D eigenvalue weighted by molar-refractivity contribution is 0.0605. The van der Waals surface area contributed by atoms with Gasteiger partial charge < -0.3 is 14.2 Å². The molecule has 6 heteroatoms. The van der Waals surface area contributed by atoms with E-state index in [-0.39, 0.29) is 11.9 Å². The lowest BCUT2D eigenvalue weighted by Crippen LogP contribution is -2.40. The second-order valence-electron chi connectivity index (χ2n) is 5.38. The summed E-state index contributed by atoms with van der Waals surface area (Å²) in [6, 6.07) is 7.53. The number of carbonyl (C=O) groups excluding carboxylic acids is 2. The van der Waals surface area contributed by atoms with Gasteiger partial charge in [-0.25, -0.2) is 4.79 Å². The monoisotopic (exact) mass is 318 g/mol. The van der Waals surface area contributed by atoms with Crippen LogP contribution in [0.1, 0.15) is 43.7 Å². The van der Waals surface area contributed by atoms with Gasteiger partial charge in [0, 0.05) is 24.5 Å². The highest BCUT2D eigenvalue weighted by Crippen LogP contribution is 2.30. The number of aromatic nitrogens is 1. The van der Waals surface area contributed by atoms with Crippen LogP contribution in [0.25, 0.3) is 0 Å². The molecule has 1 aliphatic heterocycles. The fraction of sp³-hybridized carbons (Fsp3) is 0.375. The number of hydrogen-bond donors (Lipinski definition) is 0. The van der Waals surface area contributed by atoms with Gasteiger partial charge in [-0.15, -0.1) is 11.3 Å². The van der Waals surface area contributed by atoms with Crippen molar-refractivity contribution in [2.75, 3.05) is 13.7 Å². The molecule has 0 fully saturated rings. The second kappa shape index (κ2) is 5.61. The highest BCUT2D eigenvalue weighted by molar-refractivity contribution is 7.15. The van der Waals surface area contributed by atoms with Crippen molar-refractivity contribution in [3.63, 3.8) is 0 Å². The molecule has 1 atom stereocenters. The van der Waals surface area contributed by atoms with Crippen molar-refractivity contribution in [2.24, 2.45) is 0 Å². The zero-order valence-electron chi connectivity index (χ0n) is 12.8. The van der Waals surface area contributed by atoms with E-state index in [1.807, 2.05) is 11.8 Å². The van der Waals surface area contributed by atoms with Gasteiger partial charge >= 0.3 is 5.97 Å². The number of amides is 1. The molecule has 0 aromatic carbocycles. The van der Waals surface area contributed by atoms with Crippen molar-refractivity contribution in [1.82, 2.24) is 9.47 Å². The van der Waals surface area contributed by atoms with E-state index in [1.165, 1.54) is 24.1 Å². The third kappa shape index (κ3) is 2.33. The molecule has 3 heterocycles. The first-order chi connectivity index (χ1) is 10.5. The molecule has 1 amide bonds. The van der Waals surface area contributed by atoms with Crippen molar-refractivity contribution in [2.45, 2.75) is 26.4 Å². The Kier molecular flexibility index (Phi) is 3.78. The number of methoxy groups -OCH3 is 1. The molecule has 2 aromatic heterocycles. The molecule has 2 aromatic rings. The van der Waals surface area contributed by atoms with E-state index in [2.05, 4.69) is 28.4 Å². The molecule has 0 saturated heterocycles. The van der Waals surface area contributed by atoms with Gasteiger partial charge in [-0.3, -0.25) is 4.79 Å². The molecule has 0 aliphatic carbocycles. The van der Waals surface area contributed by atoms with Gasteiger partial charge in [0.25, 0.3) is 5.91 Å². The molecule has 5 nitrogen and oxygen atoms in total. The Labute approximate surface area is 133 Å². The predicted molar refractivity (Wildman–Crippen MR) is 84.3 cm³/mol. The zero-order valence-corrected chi connectivity index (χ0v) is 13.6. The molecule has 0 bridgehead atoms. The van der Waals surface area contributed by atoms with E-state index < -0.39 is 5.97 Å². The Morgan fingerprint density at radius 2 is 1.91 bits per heavy atom. The van der Waals surface area contributed by atoms with E-state index >= 15 is 0 Å². The van der Waals surface area contributed by atoms with Crippen LogP contribution < -0.4 is 0 Å². The Morgan fingerprint density at radius 3 is 2.64 bits per heavy atom. The van der Waals surface area contributed by atoms with Gasteiger partial charge in [-0.1, -0.05) is 0 Å². The van der Waals surface area contributed by atoms with Gasteiger partial charge in [0.2, 0.25) is 0 Å². The summed E-state index contributed by atoms with van der Waals surface area (Å²) in [5.74, 6) is -0.432. The van der Waals surface area contributed by atoms with E-state index in [0.29, 0.717) is 16.3 Å². The Morgan fingerprint density at radius 1 is 1.18 bits per heavy atom. The minimum atomic E-state index is -0.403. The maximum atomic E-state index is 12.7. The van der Waals surface area contributed by atoms with Crippen LogP contribution in [0.3, 0.4) is 0 Å². The average Bonchev–Trinajstić information content (AvgIpc) is 3.14. The van der Waals surface area contributed by atoms with E-state index in [4.69, 9.17) is 0 Å². The highest BCUT2D eigenvalue weighted by Gasteiger charge is 2.30. The highest BCUT2D eigenvalue weighted by atomic mass is 32.1. The Bertz CT molecular complexity index is 732. The second-order valence-corrected chi connectivity index (χ2v) is 6.46. The number of thiophene rings is 1. The first-order valence-electron chi connectivity index (χ1n) is 7.18. The van der Waals surface area contributed by atoms with Crippen LogP contribution in [0.4, 0.5) is 0 Å². The number of esters is 1. The fourth-order valence-corrected chi connectivity index (χ4v) is 3.78. The Balaban J connectivity index is 1.84. The number of rotatable bonds is 2. The van der Waals surface area contributed by atoms with Gasteiger partial charge in [-0.2, -0.15) is 0 Å². The summed E-state index contributed by atoms with van der Waals surface area (Å²) in [5, 5.41) is 0. The summed E-state index contributed by atoms with van der Waals surface area (Å²) < 4.78 is 6.94. The van der Waals surface area contributed by atoms with E-state index in [9.17, 15) is 9.59 Å². The van der Waals surface area contributed by atoms with Crippen LogP contribution in [0.2, 0.25) is 0 Å². The van der Waals surface area contributed by atoms with Crippen molar-refractivity contribution < 1.29 is 14.3 Å². The summed E-state index contributed by atoms with van der Waals surface area (Å²) in [7, 11) is 1.34. The minimum absolute atomic E-state index is 0.0265. The number of hydrogen-bond acceptors (Lipinski definition) is 4. The number of nitrogens with zero attached hydrogens (tertiary/aromatic N) is 2. The summed E-state index contributed by atoms with van der Waals surface area (Å²) in [6.45, 7) is 5.60. The molecule has 22 heavy (non-hydrogen) atoms. The molecule has 0 N–H and O–H groups in total. The number of ether oxygens (including phenoxy) is 1. The minimum Gasteiger partial charge on any atom is -0.465 e. The standard InChI is InChI=1S/C16H18N2O3S/c1-10-4-5-12-11(2)18(9-8-17(10)12)15(19)13-6-7-14(22-13)16(20)21-3/h4-7,11H,8-9H2,1-3H3/t11-/m0/s1. The van der Waals surface area contributed by atoms with E-state index in [0.717, 1.165) is 12.2 Å². The topological polar surface area (TPSA) is 51.5 Å². The van der Waals surface area contributed by atoms with Gasteiger partial charge in [0.15, 0.2) is 0 Å². The number of carbonyl (C=O) groups is 2. The van der Waals surface area contributed by atoms with Crippen LogP contribution in [-0.2, 0) is 11.3 Å². The average molecular weight is 318 g/mol. The molecular formula is C16H18N2O3S. The normalized spacial score (nSPS) is 17.2. The van der Waals surface area contributed by atoms with Crippen LogP contribution in [0.15, 0.2) is 24.3 Å². The summed E-state index contributed by atoms with van der Waals surface area (Å²) in [6.07, 6.45) is 0. The lowest BCUT2D eigenvalue weighted by atomic mass is 10.1. The van der Waals surface area contributed by atoms with Crippen LogP contribution in [-0.4, -0.2) is 35.0 Å². The quantitative estimate of drug-likeness (QED) is 0.800. The largest absolute Gasteiger partial charge is 0.465 e. The first-order valence-corrected chi connectivity index (χ1v) is 7.99. The first kappa shape index (κ1) is 14.8. The zero-order chi connectivity index (χ0) is 15.9. The van der Waals surface area contributed by atoms with Crippen LogP contribution in [0, 0.1) is 6.92 Å². The van der Waals surface area contributed by atoms with Crippen LogP contribution in [0.5, 0.6) is 0 Å². The molecule has 1 aliphatic rings. The molecule has 0 unspecified atom stereocenters. The summed E-state index contributed by atoms with van der Waals surface area (Å²) >= 11 is 1.18. The van der Waals surface area contributed by atoms with E-state index in [1.54, 1.807) is 12.1 Å². The maximum Gasteiger partial charge on any atom is 0.348 e.